The zero-order valence-electron chi connectivity index (χ0n) is 12.6. The van der Waals surface area contributed by atoms with Gasteiger partial charge in [-0.3, -0.25) is 9.69 Å². The maximum absolute atomic E-state index is 12.3. The van der Waals surface area contributed by atoms with E-state index in [-0.39, 0.29) is 30.7 Å². The van der Waals surface area contributed by atoms with E-state index >= 15 is 0 Å². The first-order chi connectivity index (χ1) is 10.2. The van der Waals surface area contributed by atoms with Gasteiger partial charge in [0.1, 0.15) is 5.69 Å². The van der Waals surface area contributed by atoms with Crippen molar-refractivity contribution in [2.75, 3.05) is 31.9 Å². The molecule has 8 heteroatoms. The maximum atomic E-state index is 12.3. The van der Waals surface area contributed by atoms with Crippen molar-refractivity contribution in [3.63, 3.8) is 0 Å². The molecule has 2 N–H and O–H groups in total. The van der Waals surface area contributed by atoms with Gasteiger partial charge < -0.3 is 10.6 Å². The van der Waals surface area contributed by atoms with Gasteiger partial charge in [0.15, 0.2) is 0 Å². The van der Waals surface area contributed by atoms with Crippen LogP contribution in [0.5, 0.6) is 0 Å². The summed E-state index contributed by atoms with van der Waals surface area (Å²) in [4.78, 5) is 22.1. The highest BCUT2D eigenvalue weighted by Crippen LogP contribution is 2.14. The van der Waals surface area contributed by atoms with Gasteiger partial charge in [0, 0.05) is 37.6 Å². The summed E-state index contributed by atoms with van der Waals surface area (Å²) in [6.45, 7) is 4.27. The number of nitrogens with zero attached hydrogens (tertiary/aromatic N) is 3. The van der Waals surface area contributed by atoms with Gasteiger partial charge in [-0.15, -0.1) is 36.2 Å². The summed E-state index contributed by atoms with van der Waals surface area (Å²) in [6.07, 6.45) is 1.53. The molecular weight excluding hydrogens is 355 g/mol. The first-order valence-corrected chi connectivity index (χ1v) is 7.86. The summed E-state index contributed by atoms with van der Waals surface area (Å²) in [7, 11) is 0. The molecule has 2 aromatic heterocycles. The van der Waals surface area contributed by atoms with Crippen molar-refractivity contribution in [3.05, 3.63) is 46.4 Å². The van der Waals surface area contributed by atoms with E-state index in [2.05, 4.69) is 27.4 Å². The molecule has 2 aromatic rings. The summed E-state index contributed by atoms with van der Waals surface area (Å²) in [5, 5.41) is 2.10. The Morgan fingerprint density at radius 2 is 1.91 bits per heavy atom. The van der Waals surface area contributed by atoms with Gasteiger partial charge in [-0.05, 0) is 23.6 Å². The molecule has 1 fully saturated rings. The van der Waals surface area contributed by atoms with Crippen molar-refractivity contribution < 1.29 is 4.79 Å². The van der Waals surface area contributed by atoms with Crippen molar-refractivity contribution >= 4 is 47.7 Å². The third-order valence-electron chi connectivity index (χ3n) is 3.62. The van der Waals surface area contributed by atoms with Gasteiger partial charge in [-0.25, -0.2) is 4.98 Å². The number of carbonyl (C=O) groups is 1. The fourth-order valence-electron chi connectivity index (χ4n) is 2.43. The van der Waals surface area contributed by atoms with Crippen molar-refractivity contribution in [3.8, 4) is 0 Å². The number of hydrogen-bond acceptors (Lipinski definition) is 5. The second kappa shape index (κ2) is 9.08. The number of thiophene rings is 1. The van der Waals surface area contributed by atoms with Crippen LogP contribution in [0.15, 0.2) is 35.8 Å². The monoisotopic (exact) mass is 374 g/mol. The van der Waals surface area contributed by atoms with E-state index in [0.29, 0.717) is 11.4 Å². The highest BCUT2D eigenvalue weighted by atomic mass is 35.5. The molecule has 23 heavy (non-hydrogen) atoms. The number of carbonyl (C=O) groups excluding carboxylic acids is 1. The molecule has 5 nitrogen and oxygen atoms in total. The van der Waals surface area contributed by atoms with Crippen LogP contribution < -0.4 is 5.73 Å². The smallest absolute Gasteiger partial charge is 0.272 e. The average Bonchev–Trinajstić information content (AvgIpc) is 3.01. The number of rotatable bonds is 3. The molecule has 0 unspecified atom stereocenters. The first kappa shape index (κ1) is 19.7. The van der Waals surface area contributed by atoms with Crippen LogP contribution in [-0.4, -0.2) is 46.9 Å². The summed E-state index contributed by atoms with van der Waals surface area (Å²) < 4.78 is 0. The lowest BCUT2D eigenvalue weighted by molar-refractivity contribution is 0.0624. The number of amides is 1. The van der Waals surface area contributed by atoms with Crippen LogP contribution in [0.1, 0.15) is 15.4 Å². The molecule has 3 rings (SSSR count). The van der Waals surface area contributed by atoms with Crippen molar-refractivity contribution in [2.45, 2.75) is 6.54 Å². The van der Waals surface area contributed by atoms with Gasteiger partial charge >= 0.3 is 0 Å². The molecule has 0 spiro atoms. The highest BCUT2D eigenvalue weighted by Gasteiger charge is 2.22. The lowest BCUT2D eigenvalue weighted by Crippen LogP contribution is -2.48. The quantitative estimate of drug-likeness (QED) is 0.896. The molecule has 126 valence electrons. The lowest BCUT2D eigenvalue weighted by Gasteiger charge is -2.34. The normalized spacial score (nSPS) is 14.7. The number of nitrogen functional groups attached to an aromatic ring is 1. The Morgan fingerprint density at radius 1 is 1.17 bits per heavy atom. The van der Waals surface area contributed by atoms with Crippen LogP contribution >= 0.6 is 36.2 Å². The number of halogens is 2. The molecule has 0 radical (unpaired) electrons. The van der Waals surface area contributed by atoms with Crippen LogP contribution in [0.25, 0.3) is 0 Å². The van der Waals surface area contributed by atoms with Crippen molar-refractivity contribution in [1.29, 1.82) is 0 Å². The Hall–Kier alpha value is -1.34. The Morgan fingerprint density at radius 3 is 2.48 bits per heavy atom. The summed E-state index contributed by atoms with van der Waals surface area (Å²) in [5.74, 6) is -0.00854. The zero-order chi connectivity index (χ0) is 14.7. The van der Waals surface area contributed by atoms with Crippen LogP contribution in [0.4, 0.5) is 5.69 Å². The van der Waals surface area contributed by atoms with Crippen LogP contribution in [0, 0.1) is 0 Å². The molecule has 0 saturated carbocycles. The molecule has 0 aromatic carbocycles. The predicted molar refractivity (Wildman–Crippen MR) is 98.6 cm³/mol. The minimum atomic E-state index is -0.00854. The van der Waals surface area contributed by atoms with Gasteiger partial charge in [-0.2, -0.15) is 0 Å². The van der Waals surface area contributed by atoms with E-state index in [9.17, 15) is 4.79 Å². The third kappa shape index (κ3) is 5.07. The fourth-order valence-corrected chi connectivity index (χ4v) is 3.17. The topological polar surface area (TPSA) is 62.5 Å². The van der Waals surface area contributed by atoms with Gasteiger partial charge in [0.25, 0.3) is 5.91 Å². The Balaban J connectivity index is 0.00000132. The molecule has 0 bridgehead atoms. The van der Waals surface area contributed by atoms with Gasteiger partial charge in [-0.1, -0.05) is 6.07 Å². The fraction of sp³-hybridized carbons (Fsp3) is 0.333. The van der Waals surface area contributed by atoms with Crippen LogP contribution in [0.3, 0.4) is 0 Å². The molecule has 1 aliphatic heterocycles. The number of hydrogen-bond donors (Lipinski definition) is 1. The van der Waals surface area contributed by atoms with E-state index in [0.717, 1.165) is 32.7 Å². The molecule has 3 heterocycles. The van der Waals surface area contributed by atoms with Crippen molar-refractivity contribution in [2.24, 2.45) is 0 Å². The third-order valence-corrected chi connectivity index (χ3v) is 4.49. The minimum Gasteiger partial charge on any atom is -0.397 e. The van der Waals surface area contributed by atoms with E-state index in [1.807, 2.05) is 4.90 Å². The minimum absolute atomic E-state index is 0. The Kier molecular flexibility index (Phi) is 7.78. The summed E-state index contributed by atoms with van der Waals surface area (Å²) >= 11 is 1.78. The molecule has 1 aliphatic rings. The molecule has 0 atom stereocenters. The van der Waals surface area contributed by atoms with E-state index in [1.54, 1.807) is 23.5 Å². The lowest BCUT2D eigenvalue weighted by atomic mass is 10.2. The number of anilines is 1. The number of piperazine rings is 1. The van der Waals surface area contributed by atoms with E-state index in [1.165, 1.54) is 11.1 Å². The largest absolute Gasteiger partial charge is 0.397 e. The maximum Gasteiger partial charge on any atom is 0.272 e. The second-order valence-electron chi connectivity index (χ2n) is 5.12. The average molecular weight is 375 g/mol. The standard InChI is InChI=1S/C15H18N4OS.2ClH/c16-12-3-4-14(17-10-12)15(20)19-7-5-18(6-8-19)11-13-2-1-9-21-13;;/h1-4,9-10H,5-8,11,16H2;2*1H. The van der Waals surface area contributed by atoms with Crippen LogP contribution in [0.2, 0.25) is 0 Å². The van der Waals surface area contributed by atoms with Gasteiger partial charge in [0.2, 0.25) is 0 Å². The predicted octanol–water partition coefficient (Wildman–Crippen LogP) is 2.53. The molecular formula is C15H20Cl2N4OS. The Labute approximate surface area is 152 Å². The molecule has 0 aliphatic carbocycles. The first-order valence-electron chi connectivity index (χ1n) is 6.98. The van der Waals surface area contributed by atoms with E-state index in [4.69, 9.17) is 5.73 Å². The number of aromatic nitrogens is 1. The van der Waals surface area contributed by atoms with Crippen molar-refractivity contribution in [1.82, 2.24) is 14.8 Å². The van der Waals surface area contributed by atoms with Gasteiger partial charge in [0.05, 0.1) is 11.9 Å². The number of pyridine rings is 1. The zero-order valence-corrected chi connectivity index (χ0v) is 15.0. The van der Waals surface area contributed by atoms with E-state index < -0.39 is 0 Å². The molecule has 1 saturated heterocycles. The second-order valence-corrected chi connectivity index (χ2v) is 6.16. The van der Waals surface area contributed by atoms with Crippen LogP contribution in [-0.2, 0) is 6.54 Å². The molecule has 1 amide bonds. The highest BCUT2D eigenvalue weighted by molar-refractivity contribution is 7.09. The Bertz CT molecular complexity index is 598. The summed E-state index contributed by atoms with van der Waals surface area (Å²) in [6, 6.07) is 7.63. The number of nitrogens with two attached hydrogens (primary N) is 1. The summed E-state index contributed by atoms with van der Waals surface area (Å²) in [5.41, 5.74) is 6.64. The SMILES string of the molecule is Cl.Cl.Nc1ccc(C(=O)N2CCN(Cc3cccs3)CC2)nc1.